The molecule has 2 N–H and O–H groups in total. The third kappa shape index (κ3) is 2.89. The van der Waals surface area contributed by atoms with Crippen molar-refractivity contribution in [2.24, 2.45) is 0 Å². The number of hydrogen-bond donors (Lipinski definition) is 2. The Morgan fingerprint density at radius 3 is 2.63 bits per heavy atom. The summed E-state index contributed by atoms with van der Waals surface area (Å²) in [4.78, 5) is 26.6. The highest BCUT2D eigenvalue weighted by Crippen LogP contribution is 2.50. The molecule has 0 radical (unpaired) electrons. The monoisotopic (exact) mass is 362 g/mol. The van der Waals surface area contributed by atoms with Crippen LogP contribution in [0.4, 0.5) is 11.4 Å². The molecule has 1 saturated carbocycles. The first kappa shape index (κ1) is 17.3. The molecule has 1 heterocycles. The van der Waals surface area contributed by atoms with Crippen LogP contribution in [0.15, 0.2) is 55.1 Å². The van der Waals surface area contributed by atoms with Crippen LogP contribution in [-0.2, 0) is 10.2 Å². The highest BCUT2D eigenvalue weighted by molar-refractivity contribution is 6.10. The SMILES string of the molecule is C=CC(=O)Nc1ccc(O)c(C(=O)N2CC3(CCCC3)c3ccccc32)c1. The molecule has 0 atom stereocenters. The van der Waals surface area contributed by atoms with Crippen molar-refractivity contribution in [1.29, 1.82) is 0 Å². The second-order valence-corrected chi connectivity index (χ2v) is 7.32. The van der Waals surface area contributed by atoms with E-state index >= 15 is 0 Å². The number of phenols is 1. The number of para-hydroxylation sites is 1. The fourth-order valence-electron chi connectivity index (χ4n) is 4.41. The van der Waals surface area contributed by atoms with E-state index in [4.69, 9.17) is 0 Å². The van der Waals surface area contributed by atoms with E-state index in [1.165, 1.54) is 30.5 Å². The number of nitrogens with one attached hydrogen (secondary N) is 1. The highest BCUT2D eigenvalue weighted by atomic mass is 16.3. The number of amides is 2. The van der Waals surface area contributed by atoms with Crippen molar-refractivity contribution in [3.63, 3.8) is 0 Å². The first-order chi connectivity index (χ1) is 13.0. The maximum atomic E-state index is 13.3. The van der Waals surface area contributed by atoms with Gasteiger partial charge in [-0.2, -0.15) is 0 Å². The van der Waals surface area contributed by atoms with Gasteiger partial charge in [0.1, 0.15) is 5.75 Å². The number of anilines is 2. The van der Waals surface area contributed by atoms with E-state index in [1.807, 2.05) is 18.2 Å². The van der Waals surface area contributed by atoms with Crippen molar-refractivity contribution in [1.82, 2.24) is 0 Å². The van der Waals surface area contributed by atoms with Gasteiger partial charge in [0.2, 0.25) is 5.91 Å². The van der Waals surface area contributed by atoms with Gasteiger partial charge in [-0.3, -0.25) is 9.59 Å². The van der Waals surface area contributed by atoms with Gasteiger partial charge in [-0.05, 0) is 48.7 Å². The van der Waals surface area contributed by atoms with Crippen LogP contribution in [0.3, 0.4) is 0 Å². The van der Waals surface area contributed by atoms with Gasteiger partial charge in [-0.15, -0.1) is 0 Å². The average Bonchev–Trinajstić information content (AvgIpc) is 3.29. The number of phenolic OH excluding ortho intramolecular Hbond substituents is 1. The average molecular weight is 362 g/mol. The number of carbonyl (C=O) groups is 2. The molecular formula is C22H22N2O3. The van der Waals surface area contributed by atoms with E-state index in [1.54, 1.807) is 11.0 Å². The molecule has 1 spiro atoms. The molecule has 0 aromatic heterocycles. The van der Waals surface area contributed by atoms with Crippen molar-refractivity contribution in [3.8, 4) is 5.75 Å². The minimum Gasteiger partial charge on any atom is -0.507 e. The smallest absolute Gasteiger partial charge is 0.262 e. The van der Waals surface area contributed by atoms with Crippen LogP contribution < -0.4 is 10.2 Å². The first-order valence-corrected chi connectivity index (χ1v) is 9.22. The van der Waals surface area contributed by atoms with Crippen LogP contribution in [0, 0.1) is 0 Å². The predicted molar refractivity (Wildman–Crippen MR) is 105 cm³/mol. The van der Waals surface area contributed by atoms with Gasteiger partial charge in [0.15, 0.2) is 0 Å². The number of fused-ring (bicyclic) bond motifs is 2. The van der Waals surface area contributed by atoms with Crippen LogP contribution in [0.25, 0.3) is 0 Å². The minimum absolute atomic E-state index is 0.0243. The van der Waals surface area contributed by atoms with E-state index in [2.05, 4.69) is 18.0 Å². The standard InChI is InChI=1S/C22H22N2O3/c1-2-20(26)23-15-9-10-19(25)16(13-15)21(27)24-14-22(11-5-6-12-22)17-7-3-4-8-18(17)24/h2-4,7-10,13,25H,1,5-6,11-12,14H2,(H,23,26). The molecule has 1 fully saturated rings. The Morgan fingerprint density at radius 2 is 1.89 bits per heavy atom. The molecule has 138 valence electrons. The lowest BCUT2D eigenvalue weighted by molar-refractivity contribution is -0.111. The Morgan fingerprint density at radius 1 is 1.15 bits per heavy atom. The molecule has 2 aliphatic rings. The minimum atomic E-state index is -0.365. The van der Waals surface area contributed by atoms with Crippen LogP contribution in [-0.4, -0.2) is 23.5 Å². The molecule has 4 rings (SSSR count). The predicted octanol–water partition coefficient (Wildman–Crippen LogP) is 3.99. The molecule has 1 aliphatic carbocycles. The zero-order valence-corrected chi connectivity index (χ0v) is 15.1. The van der Waals surface area contributed by atoms with Gasteiger partial charge in [0, 0.05) is 23.3 Å². The fraction of sp³-hybridized carbons (Fsp3) is 0.273. The summed E-state index contributed by atoms with van der Waals surface area (Å²) in [5.41, 5.74) is 2.80. The molecule has 2 aromatic rings. The second-order valence-electron chi connectivity index (χ2n) is 7.32. The van der Waals surface area contributed by atoms with Gasteiger partial charge >= 0.3 is 0 Å². The molecule has 2 aromatic carbocycles. The third-order valence-corrected chi connectivity index (χ3v) is 5.71. The molecule has 0 saturated heterocycles. The fourth-order valence-corrected chi connectivity index (χ4v) is 4.41. The molecular weight excluding hydrogens is 340 g/mol. The van der Waals surface area contributed by atoms with Crippen LogP contribution in [0.2, 0.25) is 0 Å². The van der Waals surface area contributed by atoms with Crippen LogP contribution >= 0.6 is 0 Å². The Kier molecular flexibility index (Phi) is 4.22. The summed E-state index contributed by atoms with van der Waals surface area (Å²) in [5, 5.41) is 12.9. The normalized spacial score (nSPS) is 17.0. The summed E-state index contributed by atoms with van der Waals surface area (Å²) in [5.74, 6) is -0.713. The molecule has 5 heteroatoms. The molecule has 0 unspecified atom stereocenters. The number of nitrogens with zero attached hydrogens (tertiary/aromatic N) is 1. The Hall–Kier alpha value is -3.08. The Balaban J connectivity index is 1.70. The Bertz CT molecular complexity index is 929. The van der Waals surface area contributed by atoms with Crippen molar-refractivity contribution in [3.05, 3.63) is 66.2 Å². The second kappa shape index (κ2) is 6.58. The van der Waals surface area contributed by atoms with Gasteiger partial charge in [0.25, 0.3) is 5.91 Å². The van der Waals surface area contributed by atoms with Crippen molar-refractivity contribution >= 4 is 23.2 Å². The van der Waals surface area contributed by atoms with Crippen molar-refractivity contribution in [2.45, 2.75) is 31.1 Å². The van der Waals surface area contributed by atoms with Gasteiger partial charge in [0.05, 0.1) is 5.56 Å². The van der Waals surface area contributed by atoms with E-state index in [9.17, 15) is 14.7 Å². The highest BCUT2D eigenvalue weighted by Gasteiger charge is 2.46. The first-order valence-electron chi connectivity index (χ1n) is 9.22. The largest absolute Gasteiger partial charge is 0.507 e. The maximum absolute atomic E-state index is 13.3. The number of aromatic hydroxyl groups is 1. The summed E-state index contributed by atoms with van der Waals surface area (Å²) in [6.07, 6.45) is 5.66. The van der Waals surface area contributed by atoms with E-state index in [0.717, 1.165) is 24.6 Å². The summed E-state index contributed by atoms with van der Waals surface area (Å²) in [6.45, 7) is 4.06. The lowest BCUT2D eigenvalue weighted by Crippen LogP contribution is -2.35. The molecule has 2 amide bonds. The molecule has 27 heavy (non-hydrogen) atoms. The zero-order chi connectivity index (χ0) is 19.0. The van der Waals surface area contributed by atoms with Crippen molar-refractivity contribution < 1.29 is 14.7 Å². The number of hydrogen-bond acceptors (Lipinski definition) is 3. The van der Waals surface area contributed by atoms with Crippen LogP contribution in [0.1, 0.15) is 41.6 Å². The summed E-state index contributed by atoms with van der Waals surface area (Å²) in [6, 6.07) is 12.6. The van der Waals surface area contributed by atoms with Gasteiger partial charge in [-0.1, -0.05) is 37.6 Å². The number of carbonyl (C=O) groups excluding carboxylic acids is 2. The maximum Gasteiger partial charge on any atom is 0.262 e. The van der Waals surface area contributed by atoms with E-state index in [0.29, 0.717) is 12.2 Å². The topological polar surface area (TPSA) is 69.6 Å². The quantitative estimate of drug-likeness (QED) is 0.641. The van der Waals surface area contributed by atoms with Crippen LogP contribution in [0.5, 0.6) is 5.75 Å². The lowest BCUT2D eigenvalue weighted by atomic mass is 9.81. The third-order valence-electron chi connectivity index (χ3n) is 5.71. The molecule has 0 bridgehead atoms. The number of rotatable bonds is 3. The number of benzene rings is 2. The molecule has 1 aliphatic heterocycles. The molecule has 5 nitrogen and oxygen atoms in total. The van der Waals surface area contributed by atoms with E-state index < -0.39 is 0 Å². The van der Waals surface area contributed by atoms with Gasteiger partial charge < -0.3 is 15.3 Å². The lowest BCUT2D eigenvalue weighted by Gasteiger charge is -2.25. The summed E-state index contributed by atoms with van der Waals surface area (Å²) in [7, 11) is 0. The Labute approximate surface area is 158 Å². The van der Waals surface area contributed by atoms with Crippen molar-refractivity contribution in [2.75, 3.05) is 16.8 Å². The van der Waals surface area contributed by atoms with Gasteiger partial charge in [-0.25, -0.2) is 0 Å². The summed E-state index contributed by atoms with van der Waals surface area (Å²) < 4.78 is 0. The summed E-state index contributed by atoms with van der Waals surface area (Å²) >= 11 is 0. The van der Waals surface area contributed by atoms with E-state index in [-0.39, 0.29) is 28.5 Å². The zero-order valence-electron chi connectivity index (χ0n) is 15.1.